The molecule has 0 saturated heterocycles. The fraction of sp³-hybridized carbons (Fsp3) is 0.721. The van der Waals surface area contributed by atoms with Gasteiger partial charge < -0.3 is 14.2 Å². The van der Waals surface area contributed by atoms with Crippen LogP contribution in [0, 0.1) is 0 Å². The van der Waals surface area contributed by atoms with Gasteiger partial charge in [0, 0.05) is 19.3 Å². The van der Waals surface area contributed by atoms with Crippen LogP contribution >= 0.6 is 0 Å². The molecule has 0 saturated carbocycles. The Bertz CT molecular complexity index is 1300. The second-order valence-corrected chi connectivity index (χ2v) is 18.5. The average Bonchev–Trinajstić information content (AvgIpc) is 3.33. The summed E-state index contributed by atoms with van der Waals surface area (Å²) in [6.07, 6.45) is 71.4. The normalized spacial score (nSPS) is 12.7. The van der Waals surface area contributed by atoms with Crippen LogP contribution in [0.5, 0.6) is 0 Å². The van der Waals surface area contributed by atoms with Gasteiger partial charge in [0.05, 0.1) is 0 Å². The van der Waals surface area contributed by atoms with Crippen LogP contribution in [-0.2, 0) is 28.6 Å². The van der Waals surface area contributed by atoms with Gasteiger partial charge in [-0.05, 0) is 96.3 Å². The van der Waals surface area contributed by atoms with Gasteiger partial charge >= 0.3 is 17.9 Å². The molecule has 0 heterocycles. The van der Waals surface area contributed by atoms with Crippen LogP contribution in [0.3, 0.4) is 0 Å². The van der Waals surface area contributed by atoms with E-state index in [1.54, 1.807) is 0 Å². The Hall–Kier alpha value is -3.41. The predicted octanol–water partition coefficient (Wildman–Crippen LogP) is 18.8. The number of esters is 3. The predicted molar refractivity (Wildman–Crippen MR) is 288 cm³/mol. The first kappa shape index (κ1) is 63.6. The highest BCUT2D eigenvalue weighted by molar-refractivity contribution is 5.71. The zero-order valence-electron chi connectivity index (χ0n) is 43.9. The van der Waals surface area contributed by atoms with Crippen molar-refractivity contribution in [1.82, 2.24) is 0 Å². The highest BCUT2D eigenvalue weighted by atomic mass is 16.6. The third kappa shape index (κ3) is 53.4. The molecule has 0 fully saturated rings. The highest BCUT2D eigenvalue weighted by Gasteiger charge is 2.19. The number of allylic oxidation sites excluding steroid dienone is 14. The van der Waals surface area contributed by atoms with E-state index >= 15 is 0 Å². The molecule has 6 nitrogen and oxygen atoms in total. The summed E-state index contributed by atoms with van der Waals surface area (Å²) >= 11 is 0. The first-order chi connectivity index (χ1) is 33.0. The molecule has 0 aromatic heterocycles. The number of rotatable bonds is 50. The van der Waals surface area contributed by atoms with Gasteiger partial charge in [0.15, 0.2) is 6.10 Å². The molecule has 0 aliphatic heterocycles. The van der Waals surface area contributed by atoms with Crippen molar-refractivity contribution in [2.24, 2.45) is 0 Å². The van der Waals surface area contributed by atoms with Gasteiger partial charge in [-0.15, -0.1) is 0 Å². The fourth-order valence-corrected chi connectivity index (χ4v) is 7.71. The molecule has 0 aromatic rings. The third-order valence-electron chi connectivity index (χ3n) is 11.9. The summed E-state index contributed by atoms with van der Waals surface area (Å²) < 4.78 is 16.8. The fourth-order valence-electron chi connectivity index (χ4n) is 7.71. The minimum atomic E-state index is -0.795. The zero-order valence-corrected chi connectivity index (χ0v) is 43.9. The molecule has 0 bridgehead atoms. The van der Waals surface area contributed by atoms with Gasteiger partial charge in [0.25, 0.3) is 0 Å². The van der Waals surface area contributed by atoms with Gasteiger partial charge in [0.1, 0.15) is 13.2 Å². The first-order valence-electron chi connectivity index (χ1n) is 28.1. The number of hydrogen-bond donors (Lipinski definition) is 0. The molecule has 0 amide bonds. The highest BCUT2D eigenvalue weighted by Crippen LogP contribution is 2.15. The largest absolute Gasteiger partial charge is 0.462 e. The van der Waals surface area contributed by atoms with E-state index in [1.807, 2.05) is 0 Å². The maximum absolute atomic E-state index is 12.8. The van der Waals surface area contributed by atoms with Crippen molar-refractivity contribution in [1.29, 1.82) is 0 Å². The van der Waals surface area contributed by atoms with E-state index in [2.05, 4.69) is 106 Å². The quantitative estimate of drug-likeness (QED) is 0.0199. The van der Waals surface area contributed by atoms with Gasteiger partial charge in [-0.25, -0.2) is 0 Å². The maximum atomic E-state index is 12.8. The molecule has 0 aliphatic rings. The molecule has 0 rings (SSSR count). The molecule has 0 N–H and O–H groups in total. The lowest BCUT2D eigenvalue weighted by molar-refractivity contribution is -0.167. The molecule has 6 heteroatoms. The monoisotopic (exact) mass is 933 g/mol. The van der Waals surface area contributed by atoms with Crippen LogP contribution in [0.25, 0.3) is 0 Å². The zero-order chi connectivity index (χ0) is 48.6. The lowest BCUT2D eigenvalue weighted by atomic mass is 10.1. The topological polar surface area (TPSA) is 78.9 Å². The molecule has 1 unspecified atom stereocenters. The van der Waals surface area contributed by atoms with Crippen molar-refractivity contribution in [3.63, 3.8) is 0 Å². The SMILES string of the molecule is CC/C=C\C/C=C\CCCCCCCC(=O)OCC(COC(=O)CCCCCCCCCCCC/C=C\C=C/CCCCC)OC(=O)CCCCCCC\C=C/C=C\C=C/CCCCCCC. The van der Waals surface area contributed by atoms with Gasteiger partial charge in [-0.3, -0.25) is 14.4 Å². The second kappa shape index (κ2) is 55.2. The van der Waals surface area contributed by atoms with E-state index in [4.69, 9.17) is 14.2 Å². The minimum Gasteiger partial charge on any atom is -0.462 e. The average molecular weight is 933 g/mol. The summed E-state index contributed by atoms with van der Waals surface area (Å²) in [6, 6.07) is 0. The summed E-state index contributed by atoms with van der Waals surface area (Å²) in [7, 11) is 0. The van der Waals surface area contributed by atoms with E-state index in [1.165, 1.54) is 109 Å². The van der Waals surface area contributed by atoms with Crippen molar-refractivity contribution < 1.29 is 28.6 Å². The van der Waals surface area contributed by atoms with E-state index < -0.39 is 6.10 Å². The van der Waals surface area contributed by atoms with Gasteiger partial charge in [-0.1, -0.05) is 234 Å². The number of carbonyl (C=O) groups is 3. The van der Waals surface area contributed by atoms with Crippen molar-refractivity contribution in [2.45, 2.75) is 271 Å². The first-order valence-corrected chi connectivity index (χ1v) is 28.1. The Kier molecular flexibility index (Phi) is 52.4. The third-order valence-corrected chi connectivity index (χ3v) is 11.9. The Morgan fingerprint density at radius 1 is 0.328 bits per heavy atom. The number of ether oxygens (including phenoxy) is 3. The number of hydrogen-bond acceptors (Lipinski definition) is 6. The van der Waals surface area contributed by atoms with Crippen LogP contribution in [0.4, 0.5) is 0 Å². The Labute approximate surface area is 414 Å². The summed E-state index contributed by atoms with van der Waals surface area (Å²) in [5, 5.41) is 0. The van der Waals surface area contributed by atoms with Crippen LogP contribution in [0.2, 0.25) is 0 Å². The molecule has 0 spiro atoms. The molecule has 0 radical (unpaired) electrons. The molecule has 67 heavy (non-hydrogen) atoms. The smallest absolute Gasteiger partial charge is 0.306 e. The Morgan fingerprint density at radius 2 is 0.642 bits per heavy atom. The number of unbranched alkanes of at least 4 members (excludes halogenated alkanes) is 28. The molecule has 384 valence electrons. The summed E-state index contributed by atoms with van der Waals surface area (Å²) in [4.78, 5) is 38.1. The molecular formula is C61H104O6. The van der Waals surface area contributed by atoms with Crippen LogP contribution in [-0.4, -0.2) is 37.2 Å². The molecular weight excluding hydrogens is 829 g/mol. The van der Waals surface area contributed by atoms with Crippen molar-refractivity contribution in [3.8, 4) is 0 Å². The maximum Gasteiger partial charge on any atom is 0.306 e. The molecule has 0 aliphatic carbocycles. The Balaban J connectivity index is 4.41. The van der Waals surface area contributed by atoms with Crippen molar-refractivity contribution >= 4 is 17.9 Å². The van der Waals surface area contributed by atoms with Crippen molar-refractivity contribution in [3.05, 3.63) is 85.1 Å². The number of carbonyl (C=O) groups excluding carboxylic acids is 3. The van der Waals surface area contributed by atoms with Gasteiger partial charge in [-0.2, -0.15) is 0 Å². The van der Waals surface area contributed by atoms with Crippen LogP contribution in [0.15, 0.2) is 85.1 Å². The van der Waals surface area contributed by atoms with Crippen molar-refractivity contribution in [2.75, 3.05) is 13.2 Å². The van der Waals surface area contributed by atoms with E-state index in [0.717, 1.165) is 116 Å². The lowest BCUT2D eigenvalue weighted by Gasteiger charge is -2.18. The van der Waals surface area contributed by atoms with E-state index in [-0.39, 0.29) is 31.1 Å². The molecule has 1 atom stereocenters. The second-order valence-electron chi connectivity index (χ2n) is 18.5. The van der Waals surface area contributed by atoms with Crippen LogP contribution < -0.4 is 0 Å². The van der Waals surface area contributed by atoms with E-state index in [0.29, 0.717) is 19.3 Å². The van der Waals surface area contributed by atoms with E-state index in [9.17, 15) is 14.4 Å². The molecule has 0 aromatic carbocycles. The minimum absolute atomic E-state index is 0.0915. The summed E-state index contributed by atoms with van der Waals surface area (Å²) in [5.41, 5.74) is 0. The standard InChI is InChI=1S/C61H104O6/c1-4-7-10-13-16-19-22-25-27-29-31-33-34-36-39-42-45-48-51-54-60(63)66-57-58(56-65-59(62)53-50-47-44-41-38-24-21-18-15-12-9-6-3)67-61(64)55-52-49-46-43-40-37-35-32-30-28-26-23-20-17-14-11-8-5-2/h9,12,16,18-19,21-23,25-26,28,30,32,35,58H,4-8,10-11,13-15,17,20,24,27,29,31,33-34,36-57H2,1-3H3/b12-9-,19-16-,21-18-,25-22-,26-23-,30-28-,35-32-. The van der Waals surface area contributed by atoms with Gasteiger partial charge in [0.2, 0.25) is 0 Å². The van der Waals surface area contributed by atoms with Crippen LogP contribution in [0.1, 0.15) is 265 Å². The lowest BCUT2D eigenvalue weighted by Crippen LogP contribution is -2.30. The summed E-state index contributed by atoms with van der Waals surface area (Å²) in [6.45, 7) is 6.46. The summed E-state index contributed by atoms with van der Waals surface area (Å²) in [5.74, 6) is -0.926. The Morgan fingerprint density at radius 3 is 1.06 bits per heavy atom.